The van der Waals surface area contributed by atoms with Crippen LogP contribution in [0.2, 0.25) is 0 Å². The number of aliphatic carboxylic acids is 2. The summed E-state index contributed by atoms with van der Waals surface area (Å²) in [5.41, 5.74) is 0.241. The average molecular weight is 172 g/mol. The van der Waals surface area contributed by atoms with Gasteiger partial charge in [0.2, 0.25) is 0 Å². The van der Waals surface area contributed by atoms with E-state index in [4.69, 9.17) is 15.0 Å². The molecule has 12 heavy (non-hydrogen) atoms. The minimum absolute atomic E-state index is 0.241. The van der Waals surface area contributed by atoms with E-state index >= 15 is 0 Å². The van der Waals surface area contributed by atoms with E-state index in [1.54, 1.807) is 6.92 Å². The quantitative estimate of drug-likeness (QED) is 0.486. The molecule has 0 aliphatic carbocycles. The van der Waals surface area contributed by atoms with Gasteiger partial charge in [-0.3, -0.25) is 4.79 Å². The van der Waals surface area contributed by atoms with Gasteiger partial charge in [0.05, 0.1) is 5.57 Å². The normalized spacial score (nSPS) is 9.33. The van der Waals surface area contributed by atoms with Gasteiger partial charge in [-0.15, -0.1) is 0 Å². The van der Waals surface area contributed by atoms with Crippen LogP contribution in [-0.2, 0) is 9.59 Å². The molecular formula is C8H12O4. The smallest absolute Gasteiger partial charge is 0.335 e. The van der Waals surface area contributed by atoms with Crippen molar-refractivity contribution in [2.24, 2.45) is 0 Å². The summed E-state index contributed by atoms with van der Waals surface area (Å²) in [6.45, 7) is 6.05. The summed E-state index contributed by atoms with van der Waals surface area (Å²) >= 11 is 0. The standard InChI is InChI=1S/C6H8O2.C2H4O2/c1-3-5(4-2)6(7)8;1-2(3)4/h3-4H,1H2,2H3,(H,7,8);1H3,(H,3,4)/b5-4+;. The third kappa shape index (κ3) is 11.2. The Kier molecular flexibility index (Phi) is 8.18. The molecule has 4 nitrogen and oxygen atoms in total. The molecule has 0 heterocycles. The van der Waals surface area contributed by atoms with E-state index in [1.165, 1.54) is 12.2 Å². The number of carboxylic acid groups (broad SMARTS) is 2. The van der Waals surface area contributed by atoms with Gasteiger partial charge in [0.1, 0.15) is 0 Å². The van der Waals surface area contributed by atoms with Crippen molar-refractivity contribution in [2.75, 3.05) is 0 Å². The molecule has 2 N–H and O–H groups in total. The summed E-state index contributed by atoms with van der Waals surface area (Å²) in [6.07, 6.45) is 2.80. The van der Waals surface area contributed by atoms with Gasteiger partial charge in [0.15, 0.2) is 0 Å². The lowest BCUT2D eigenvalue weighted by Crippen LogP contribution is -1.95. The predicted molar refractivity (Wildman–Crippen MR) is 44.9 cm³/mol. The van der Waals surface area contributed by atoms with Gasteiger partial charge in [-0.05, 0) is 6.92 Å². The first-order chi connectivity index (χ1) is 5.45. The van der Waals surface area contributed by atoms with Crippen molar-refractivity contribution in [2.45, 2.75) is 13.8 Å². The second-order valence-corrected chi connectivity index (χ2v) is 1.77. The van der Waals surface area contributed by atoms with Crippen LogP contribution < -0.4 is 0 Å². The van der Waals surface area contributed by atoms with E-state index in [2.05, 4.69) is 6.58 Å². The van der Waals surface area contributed by atoms with Crippen molar-refractivity contribution in [1.82, 2.24) is 0 Å². The van der Waals surface area contributed by atoms with Crippen molar-refractivity contribution < 1.29 is 19.8 Å². The first-order valence-electron chi connectivity index (χ1n) is 3.17. The number of rotatable bonds is 2. The maximum atomic E-state index is 10.0. The highest BCUT2D eigenvalue weighted by atomic mass is 16.4. The van der Waals surface area contributed by atoms with Crippen LogP contribution in [0.15, 0.2) is 24.3 Å². The molecule has 0 fully saturated rings. The Labute approximate surface area is 70.8 Å². The Morgan fingerprint density at radius 3 is 1.67 bits per heavy atom. The molecule has 68 valence electrons. The zero-order valence-corrected chi connectivity index (χ0v) is 7.07. The zero-order chi connectivity index (χ0) is 10.1. The molecule has 0 saturated heterocycles. The molecule has 0 rings (SSSR count). The van der Waals surface area contributed by atoms with Gasteiger partial charge in [-0.2, -0.15) is 0 Å². The topological polar surface area (TPSA) is 74.6 Å². The summed E-state index contributed by atoms with van der Waals surface area (Å²) in [5.74, 6) is -1.76. The van der Waals surface area contributed by atoms with Crippen molar-refractivity contribution in [3.63, 3.8) is 0 Å². The highest BCUT2D eigenvalue weighted by molar-refractivity contribution is 5.89. The molecule has 0 aromatic rings. The highest BCUT2D eigenvalue weighted by Gasteiger charge is 1.96. The van der Waals surface area contributed by atoms with Crippen LogP contribution in [0, 0.1) is 0 Å². The molecular weight excluding hydrogens is 160 g/mol. The Bertz CT molecular complexity index is 199. The molecule has 0 bridgehead atoms. The Morgan fingerprint density at radius 1 is 1.33 bits per heavy atom. The van der Waals surface area contributed by atoms with Crippen molar-refractivity contribution >= 4 is 11.9 Å². The van der Waals surface area contributed by atoms with Crippen LogP contribution in [0.1, 0.15) is 13.8 Å². The van der Waals surface area contributed by atoms with Crippen molar-refractivity contribution in [1.29, 1.82) is 0 Å². The number of allylic oxidation sites excluding steroid dienone is 1. The van der Waals surface area contributed by atoms with Crippen LogP contribution in [-0.4, -0.2) is 22.2 Å². The Balaban J connectivity index is 0. The number of hydrogen-bond acceptors (Lipinski definition) is 2. The lowest BCUT2D eigenvalue weighted by atomic mass is 10.3. The first kappa shape index (κ1) is 13.0. The van der Waals surface area contributed by atoms with Crippen LogP contribution in [0.25, 0.3) is 0 Å². The van der Waals surface area contributed by atoms with Crippen molar-refractivity contribution in [3.05, 3.63) is 24.3 Å². The van der Waals surface area contributed by atoms with E-state index in [0.29, 0.717) is 0 Å². The average Bonchev–Trinajstić information content (AvgIpc) is 1.87. The number of carboxylic acids is 2. The first-order valence-corrected chi connectivity index (χ1v) is 3.17. The molecule has 0 aromatic heterocycles. The molecule has 0 spiro atoms. The molecule has 0 radical (unpaired) electrons. The van der Waals surface area contributed by atoms with Crippen molar-refractivity contribution in [3.8, 4) is 0 Å². The predicted octanol–water partition coefficient (Wildman–Crippen LogP) is 1.29. The monoisotopic (exact) mass is 172 g/mol. The fourth-order valence-corrected chi connectivity index (χ4v) is 0.329. The van der Waals surface area contributed by atoms with Gasteiger partial charge >= 0.3 is 5.97 Å². The second kappa shape index (κ2) is 7.53. The molecule has 0 aliphatic heterocycles. The van der Waals surface area contributed by atoms with Crippen LogP contribution in [0.5, 0.6) is 0 Å². The molecule has 0 aliphatic rings. The largest absolute Gasteiger partial charge is 0.481 e. The van der Waals surface area contributed by atoms with E-state index in [9.17, 15) is 4.79 Å². The molecule has 0 saturated carbocycles. The fourth-order valence-electron chi connectivity index (χ4n) is 0.329. The SMILES string of the molecule is C=C/C(=C\C)C(=O)O.CC(=O)O. The van der Waals surface area contributed by atoms with Gasteiger partial charge in [0.25, 0.3) is 5.97 Å². The lowest BCUT2D eigenvalue weighted by Gasteiger charge is -1.86. The second-order valence-electron chi connectivity index (χ2n) is 1.77. The lowest BCUT2D eigenvalue weighted by molar-refractivity contribution is -0.134. The molecule has 4 heteroatoms. The van der Waals surface area contributed by atoms with Crippen LogP contribution in [0.4, 0.5) is 0 Å². The molecule has 0 aromatic carbocycles. The zero-order valence-electron chi connectivity index (χ0n) is 7.07. The number of carbonyl (C=O) groups is 2. The molecule has 0 atom stereocenters. The molecule has 0 unspecified atom stereocenters. The summed E-state index contributed by atoms with van der Waals surface area (Å²) < 4.78 is 0. The Morgan fingerprint density at radius 2 is 1.67 bits per heavy atom. The summed E-state index contributed by atoms with van der Waals surface area (Å²) in [7, 11) is 0. The minimum Gasteiger partial charge on any atom is -0.481 e. The summed E-state index contributed by atoms with van der Waals surface area (Å²) in [4.78, 5) is 19.0. The molecule has 0 amide bonds. The Hall–Kier alpha value is -1.58. The van der Waals surface area contributed by atoms with Crippen LogP contribution >= 0.6 is 0 Å². The summed E-state index contributed by atoms with van der Waals surface area (Å²) in [5, 5.41) is 15.7. The van der Waals surface area contributed by atoms with E-state index < -0.39 is 11.9 Å². The number of hydrogen-bond donors (Lipinski definition) is 2. The summed E-state index contributed by atoms with van der Waals surface area (Å²) in [6, 6.07) is 0. The third-order valence-corrected chi connectivity index (χ3v) is 0.778. The maximum Gasteiger partial charge on any atom is 0.335 e. The van der Waals surface area contributed by atoms with Gasteiger partial charge in [-0.1, -0.05) is 18.7 Å². The van der Waals surface area contributed by atoms with E-state index in [0.717, 1.165) is 6.92 Å². The van der Waals surface area contributed by atoms with Gasteiger partial charge in [-0.25, -0.2) is 4.79 Å². The third-order valence-electron chi connectivity index (χ3n) is 0.778. The minimum atomic E-state index is -0.928. The van der Waals surface area contributed by atoms with E-state index in [-0.39, 0.29) is 5.57 Å². The van der Waals surface area contributed by atoms with E-state index in [1.807, 2.05) is 0 Å². The van der Waals surface area contributed by atoms with Gasteiger partial charge in [0, 0.05) is 6.92 Å². The van der Waals surface area contributed by atoms with Crippen LogP contribution in [0.3, 0.4) is 0 Å². The maximum absolute atomic E-state index is 10.0. The fraction of sp³-hybridized carbons (Fsp3) is 0.250. The van der Waals surface area contributed by atoms with Gasteiger partial charge < -0.3 is 10.2 Å². The highest BCUT2D eigenvalue weighted by Crippen LogP contribution is 1.92.